The number of esters is 1. The fourth-order valence-electron chi connectivity index (χ4n) is 3.79. The number of imide groups is 1. The number of methoxy groups -OCH3 is 2. The molecule has 0 unspecified atom stereocenters. The summed E-state index contributed by atoms with van der Waals surface area (Å²) >= 11 is 6.24. The number of rotatable bonds is 9. The van der Waals surface area contributed by atoms with Gasteiger partial charge in [-0.1, -0.05) is 17.7 Å². The molecule has 200 valence electrons. The first-order valence-corrected chi connectivity index (χ1v) is 12.1. The number of halogens is 1. The minimum Gasteiger partial charge on any atom is -0.497 e. The molecule has 0 aromatic heterocycles. The van der Waals surface area contributed by atoms with E-state index in [4.69, 9.17) is 25.8 Å². The Balaban J connectivity index is 1.50. The zero-order valence-electron chi connectivity index (χ0n) is 21.2. The molecule has 3 amide bonds. The molecule has 10 nitrogen and oxygen atoms in total. The Kier molecular flexibility index (Phi) is 8.16. The number of carbonyl (C=O) groups is 4. The predicted molar refractivity (Wildman–Crippen MR) is 145 cm³/mol. The number of carbonyl (C=O) groups excluding carboxylic acids is 4. The number of nitrogens with zero attached hydrogens (tertiary/aromatic N) is 1. The lowest BCUT2D eigenvalue weighted by Crippen LogP contribution is -2.32. The van der Waals surface area contributed by atoms with Crippen LogP contribution in [0.2, 0.25) is 0 Å². The monoisotopic (exact) mass is 549 g/mol. The second kappa shape index (κ2) is 11.7. The molecule has 1 aliphatic rings. The molecule has 3 aromatic carbocycles. The van der Waals surface area contributed by atoms with Crippen LogP contribution >= 0.6 is 11.6 Å². The van der Waals surface area contributed by atoms with Crippen molar-refractivity contribution in [3.05, 3.63) is 88.6 Å². The van der Waals surface area contributed by atoms with Crippen molar-refractivity contribution in [2.75, 3.05) is 36.4 Å². The molecule has 0 saturated carbocycles. The zero-order valence-corrected chi connectivity index (χ0v) is 22.0. The Labute approximate surface area is 229 Å². The van der Waals surface area contributed by atoms with Crippen LogP contribution in [-0.4, -0.2) is 44.5 Å². The van der Waals surface area contributed by atoms with Gasteiger partial charge in [-0.3, -0.25) is 14.4 Å². The summed E-state index contributed by atoms with van der Waals surface area (Å²) in [7, 11) is 3.00. The van der Waals surface area contributed by atoms with E-state index in [0.717, 1.165) is 4.90 Å². The van der Waals surface area contributed by atoms with E-state index in [-0.39, 0.29) is 34.2 Å². The van der Waals surface area contributed by atoms with Crippen LogP contribution in [0.3, 0.4) is 0 Å². The maximum atomic E-state index is 13.1. The molecular formula is C28H24ClN3O7. The van der Waals surface area contributed by atoms with Gasteiger partial charge >= 0.3 is 5.97 Å². The number of amides is 3. The Morgan fingerprint density at radius 2 is 1.64 bits per heavy atom. The van der Waals surface area contributed by atoms with Crippen LogP contribution in [0.1, 0.15) is 27.6 Å². The third kappa shape index (κ3) is 5.70. The lowest BCUT2D eigenvalue weighted by atomic mass is 10.1. The van der Waals surface area contributed by atoms with Crippen LogP contribution in [0.15, 0.2) is 77.5 Å². The van der Waals surface area contributed by atoms with Crippen molar-refractivity contribution in [1.29, 1.82) is 0 Å². The van der Waals surface area contributed by atoms with Gasteiger partial charge in [0, 0.05) is 17.3 Å². The molecule has 3 aromatic rings. The zero-order chi connectivity index (χ0) is 28.1. The fraction of sp³-hybridized carbons (Fsp3) is 0.143. The summed E-state index contributed by atoms with van der Waals surface area (Å²) in [5.41, 5.74) is 1.43. The molecule has 0 saturated heterocycles. The standard InChI is InChI=1S/C28H24ClN3O7/c1-4-39-28(36)16-8-10-19(11-9-16)32-26(34)23(29)24(27(32)35)30-18-7-5-6-17(14-18)25(33)31-21-13-12-20(37-2)15-22(21)38-3/h5-15,30H,4H2,1-3H3,(H,31,33). The highest BCUT2D eigenvalue weighted by Gasteiger charge is 2.39. The number of hydrogen-bond acceptors (Lipinski definition) is 8. The first kappa shape index (κ1) is 27.2. The summed E-state index contributed by atoms with van der Waals surface area (Å²) in [6.45, 7) is 1.91. The van der Waals surface area contributed by atoms with Crippen molar-refractivity contribution < 1.29 is 33.4 Å². The third-order valence-electron chi connectivity index (χ3n) is 5.71. The highest BCUT2D eigenvalue weighted by molar-refractivity contribution is 6.53. The molecular weight excluding hydrogens is 526 g/mol. The molecule has 2 N–H and O–H groups in total. The summed E-state index contributed by atoms with van der Waals surface area (Å²) in [5.74, 6) is -1.38. The second-order valence-corrected chi connectivity index (χ2v) is 8.51. The minimum absolute atomic E-state index is 0.148. The number of hydrogen-bond donors (Lipinski definition) is 2. The fourth-order valence-corrected chi connectivity index (χ4v) is 4.00. The molecule has 39 heavy (non-hydrogen) atoms. The highest BCUT2D eigenvalue weighted by Crippen LogP contribution is 2.32. The van der Waals surface area contributed by atoms with Gasteiger partial charge in [0.05, 0.1) is 37.8 Å². The van der Waals surface area contributed by atoms with Crippen molar-refractivity contribution in [1.82, 2.24) is 0 Å². The molecule has 11 heteroatoms. The maximum absolute atomic E-state index is 13.1. The van der Waals surface area contributed by atoms with Gasteiger partial charge in [-0.25, -0.2) is 9.69 Å². The normalized spacial score (nSPS) is 12.9. The van der Waals surface area contributed by atoms with E-state index in [1.54, 1.807) is 43.3 Å². The van der Waals surface area contributed by atoms with Crippen LogP contribution < -0.4 is 25.0 Å². The Morgan fingerprint density at radius 3 is 2.31 bits per heavy atom. The van der Waals surface area contributed by atoms with E-state index in [9.17, 15) is 19.2 Å². The number of anilines is 3. The van der Waals surface area contributed by atoms with Crippen LogP contribution in [0.5, 0.6) is 11.5 Å². The minimum atomic E-state index is -0.728. The van der Waals surface area contributed by atoms with Crippen molar-refractivity contribution in [3.8, 4) is 11.5 Å². The Hall–Kier alpha value is -4.83. The van der Waals surface area contributed by atoms with Crippen LogP contribution in [0.4, 0.5) is 17.1 Å². The van der Waals surface area contributed by atoms with Gasteiger partial charge in [-0.05, 0) is 61.5 Å². The lowest BCUT2D eigenvalue weighted by molar-refractivity contribution is -0.120. The number of ether oxygens (including phenoxy) is 3. The van der Waals surface area contributed by atoms with E-state index >= 15 is 0 Å². The van der Waals surface area contributed by atoms with Gasteiger partial charge in [0.1, 0.15) is 22.2 Å². The molecule has 0 radical (unpaired) electrons. The van der Waals surface area contributed by atoms with Crippen LogP contribution in [-0.2, 0) is 14.3 Å². The third-order valence-corrected chi connectivity index (χ3v) is 6.07. The molecule has 0 atom stereocenters. The topological polar surface area (TPSA) is 123 Å². The average Bonchev–Trinajstić information content (AvgIpc) is 3.16. The SMILES string of the molecule is CCOC(=O)c1ccc(N2C(=O)C(Cl)=C(Nc3cccc(C(=O)Nc4ccc(OC)cc4OC)c3)C2=O)cc1. The van der Waals surface area contributed by atoms with Gasteiger partial charge in [-0.15, -0.1) is 0 Å². The van der Waals surface area contributed by atoms with Crippen molar-refractivity contribution in [3.63, 3.8) is 0 Å². The van der Waals surface area contributed by atoms with Gasteiger partial charge in [-0.2, -0.15) is 0 Å². The maximum Gasteiger partial charge on any atom is 0.338 e. The van der Waals surface area contributed by atoms with Gasteiger partial charge in [0.2, 0.25) is 0 Å². The van der Waals surface area contributed by atoms with Gasteiger partial charge in [0.15, 0.2) is 0 Å². The van der Waals surface area contributed by atoms with E-state index in [2.05, 4.69) is 10.6 Å². The summed E-state index contributed by atoms with van der Waals surface area (Å²) in [4.78, 5) is 51.7. The first-order chi connectivity index (χ1) is 18.8. The summed E-state index contributed by atoms with van der Waals surface area (Å²) in [6.07, 6.45) is 0. The van der Waals surface area contributed by atoms with E-state index in [1.807, 2.05) is 0 Å². The van der Waals surface area contributed by atoms with E-state index < -0.39 is 23.7 Å². The summed E-state index contributed by atoms with van der Waals surface area (Å²) in [5, 5.41) is 5.32. The largest absolute Gasteiger partial charge is 0.497 e. The molecule has 0 aliphatic carbocycles. The second-order valence-electron chi connectivity index (χ2n) is 8.13. The van der Waals surface area contributed by atoms with Crippen molar-refractivity contribution in [2.24, 2.45) is 0 Å². The molecule has 0 spiro atoms. The Morgan fingerprint density at radius 1 is 0.897 bits per heavy atom. The Bertz CT molecular complexity index is 1480. The predicted octanol–water partition coefficient (Wildman–Crippen LogP) is 4.57. The molecule has 1 heterocycles. The molecule has 0 bridgehead atoms. The highest BCUT2D eigenvalue weighted by atomic mass is 35.5. The molecule has 0 fully saturated rings. The first-order valence-electron chi connectivity index (χ1n) is 11.7. The quantitative estimate of drug-likeness (QED) is 0.294. The van der Waals surface area contributed by atoms with Crippen LogP contribution in [0, 0.1) is 0 Å². The summed E-state index contributed by atoms with van der Waals surface area (Å²) < 4.78 is 15.4. The van der Waals surface area contributed by atoms with E-state index in [1.165, 1.54) is 44.6 Å². The summed E-state index contributed by atoms with van der Waals surface area (Å²) in [6, 6.07) is 17.1. The molecule has 4 rings (SSSR count). The van der Waals surface area contributed by atoms with Crippen molar-refractivity contribution >= 4 is 52.4 Å². The molecule has 1 aliphatic heterocycles. The smallest absolute Gasteiger partial charge is 0.338 e. The van der Waals surface area contributed by atoms with Gasteiger partial charge < -0.3 is 24.8 Å². The number of benzene rings is 3. The van der Waals surface area contributed by atoms with Gasteiger partial charge in [0.25, 0.3) is 17.7 Å². The lowest BCUT2D eigenvalue weighted by Gasteiger charge is -2.16. The number of nitrogens with one attached hydrogen (secondary N) is 2. The average molecular weight is 550 g/mol. The van der Waals surface area contributed by atoms with Crippen molar-refractivity contribution in [2.45, 2.75) is 6.92 Å². The van der Waals surface area contributed by atoms with Crippen LogP contribution in [0.25, 0.3) is 0 Å². The van der Waals surface area contributed by atoms with E-state index in [0.29, 0.717) is 22.9 Å².